The number of nitrogens with zero attached hydrogens (tertiary/aromatic N) is 2. The third-order valence-corrected chi connectivity index (χ3v) is 3.52. The largest absolute Gasteiger partial charge is 0.466 e. The molecule has 0 aliphatic rings. The summed E-state index contributed by atoms with van der Waals surface area (Å²) < 4.78 is 18.1. The van der Waals surface area contributed by atoms with E-state index < -0.39 is 0 Å². The van der Waals surface area contributed by atoms with E-state index in [4.69, 9.17) is 4.74 Å². The van der Waals surface area contributed by atoms with Crippen LogP contribution in [0.2, 0.25) is 0 Å². The van der Waals surface area contributed by atoms with E-state index in [1.165, 1.54) is 18.5 Å². The zero-order chi connectivity index (χ0) is 16.7. The molecule has 1 heterocycles. The molecular weight excluding hydrogens is 297 g/mol. The number of hydrogen-bond acceptors (Lipinski definition) is 5. The summed E-state index contributed by atoms with van der Waals surface area (Å²) >= 11 is 0. The van der Waals surface area contributed by atoms with E-state index in [2.05, 4.69) is 22.2 Å². The van der Waals surface area contributed by atoms with Gasteiger partial charge in [-0.05, 0) is 44.2 Å². The highest BCUT2D eigenvalue weighted by Crippen LogP contribution is 2.28. The standard InChI is InChI=1S/C17H20FN3O2/c1-3-8-19-15(9-23-11-22)16-12(2)20-10-21-17(16)13-4-6-14(18)7-5-13/h4-7,10-11,15,19H,3,8-9H2,1-2H3. The first-order valence-electron chi connectivity index (χ1n) is 7.53. The Morgan fingerprint density at radius 1 is 1.30 bits per heavy atom. The number of aryl methyl sites for hydroxylation is 1. The van der Waals surface area contributed by atoms with Gasteiger partial charge in [-0.1, -0.05) is 6.92 Å². The number of carbonyl (C=O) groups is 1. The van der Waals surface area contributed by atoms with E-state index in [0.29, 0.717) is 12.2 Å². The van der Waals surface area contributed by atoms with Crippen molar-refractivity contribution in [2.24, 2.45) is 0 Å². The molecule has 1 aromatic carbocycles. The van der Waals surface area contributed by atoms with Crippen LogP contribution in [0.5, 0.6) is 0 Å². The second kappa shape index (κ2) is 8.33. The van der Waals surface area contributed by atoms with Crippen LogP contribution in [-0.4, -0.2) is 29.6 Å². The van der Waals surface area contributed by atoms with Crippen LogP contribution < -0.4 is 5.32 Å². The Hall–Kier alpha value is -2.34. The van der Waals surface area contributed by atoms with Gasteiger partial charge in [0.1, 0.15) is 18.8 Å². The van der Waals surface area contributed by atoms with Crippen LogP contribution in [0.1, 0.15) is 30.6 Å². The predicted octanol–water partition coefficient (Wildman–Crippen LogP) is 2.80. The molecule has 0 saturated heterocycles. The van der Waals surface area contributed by atoms with Crippen molar-refractivity contribution < 1.29 is 13.9 Å². The first kappa shape index (κ1) is 17.0. The lowest BCUT2D eigenvalue weighted by Gasteiger charge is -2.21. The number of nitrogens with one attached hydrogen (secondary N) is 1. The van der Waals surface area contributed by atoms with Crippen molar-refractivity contribution in [3.8, 4) is 11.3 Å². The molecule has 1 atom stereocenters. The molecule has 2 rings (SSSR count). The summed E-state index contributed by atoms with van der Waals surface area (Å²) in [6.07, 6.45) is 2.42. The third kappa shape index (κ3) is 4.32. The van der Waals surface area contributed by atoms with Gasteiger partial charge in [-0.25, -0.2) is 14.4 Å². The van der Waals surface area contributed by atoms with E-state index in [-0.39, 0.29) is 18.5 Å². The first-order chi connectivity index (χ1) is 11.2. The fourth-order valence-corrected chi connectivity index (χ4v) is 2.44. The number of carbonyl (C=O) groups excluding carboxylic acids is 1. The lowest BCUT2D eigenvalue weighted by molar-refractivity contribution is -0.129. The summed E-state index contributed by atoms with van der Waals surface area (Å²) in [4.78, 5) is 19.2. The highest BCUT2D eigenvalue weighted by molar-refractivity contribution is 5.64. The number of benzene rings is 1. The number of halogens is 1. The lowest BCUT2D eigenvalue weighted by Crippen LogP contribution is -2.28. The van der Waals surface area contributed by atoms with Gasteiger partial charge < -0.3 is 10.1 Å². The van der Waals surface area contributed by atoms with Crippen molar-refractivity contribution >= 4 is 6.47 Å². The fourth-order valence-electron chi connectivity index (χ4n) is 2.44. The monoisotopic (exact) mass is 317 g/mol. The van der Waals surface area contributed by atoms with Gasteiger partial charge in [0, 0.05) is 16.8 Å². The number of rotatable bonds is 8. The van der Waals surface area contributed by atoms with Gasteiger partial charge in [0.15, 0.2) is 0 Å². The van der Waals surface area contributed by atoms with Crippen LogP contribution in [0.15, 0.2) is 30.6 Å². The maximum absolute atomic E-state index is 13.2. The third-order valence-electron chi connectivity index (χ3n) is 3.52. The van der Waals surface area contributed by atoms with E-state index in [0.717, 1.165) is 29.8 Å². The molecule has 1 unspecified atom stereocenters. The van der Waals surface area contributed by atoms with Gasteiger partial charge >= 0.3 is 0 Å². The predicted molar refractivity (Wildman–Crippen MR) is 85.2 cm³/mol. The minimum Gasteiger partial charge on any atom is -0.466 e. The second-order valence-electron chi connectivity index (χ2n) is 5.16. The van der Waals surface area contributed by atoms with Crippen LogP contribution in [0, 0.1) is 12.7 Å². The Balaban J connectivity index is 2.45. The summed E-state index contributed by atoms with van der Waals surface area (Å²) in [5.41, 5.74) is 3.15. The van der Waals surface area contributed by atoms with Crippen molar-refractivity contribution in [3.63, 3.8) is 0 Å². The summed E-state index contributed by atoms with van der Waals surface area (Å²) in [7, 11) is 0. The molecule has 6 heteroatoms. The van der Waals surface area contributed by atoms with Gasteiger partial charge in [0.25, 0.3) is 6.47 Å². The molecule has 0 aliphatic carbocycles. The molecule has 2 aromatic rings. The summed E-state index contributed by atoms with van der Waals surface area (Å²) in [6.45, 7) is 5.32. The Morgan fingerprint density at radius 2 is 2.04 bits per heavy atom. The highest BCUT2D eigenvalue weighted by Gasteiger charge is 2.20. The number of hydrogen-bond donors (Lipinski definition) is 1. The summed E-state index contributed by atoms with van der Waals surface area (Å²) in [6, 6.07) is 5.93. The Labute approximate surface area is 134 Å². The van der Waals surface area contributed by atoms with Crippen molar-refractivity contribution in [3.05, 3.63) is 47.7 Å². The maximum atomic E-state index is 13.2. The zero-order valence-electron chi connectivity index (χ0n) is 13.3. The van der Waals surface area contributed by atoms with E-state index in [9.17, 15) is 9.18 Å². The molecule has 1 aromatic heterocycles. The van der Waals surface area contributed by atoms with Gasteiger partial charge in [0.2, 0.25) is 0 Å². The maximum Gasteiger partial charge on any atom is 0.293 e. The summed E-state index contributed by atoms with van der Waals surface area (Å²) in [5.74, 6) is -0.300. The second-order valence-corrected chi connectivity index (χ2v) is 5.16. The average Bonchev–Trinajstić information content (AvgIpc) is 2.56. The number of ether oxygens (including phenoxy) is 1. The van der Waals surface area contributed by atoms with Crippen molar-refractivity contribution in [1.29, 1.82) is 0 Å². The Morgan fingerprint density at radius 3 is 2.70 bits per heavy atom. The minimum atomic E-state index is -0.300. The molecule has 1 N–H and O–H groups in total. The van der Waals surface area contributed by atoms with Gasteiger partial charge in [0.05, 0.1) is 11.7 Å². The van der Waals surface area contributed by atoms with Gasteiger partial charge in [-0.3, -0.25) is 4.79 Å². The molecule has 122 valence electrons. The fraction of sp³-hybridized carbons (Fsp3) is 0.353. The molecular formula is C17H20FN3O2. The lowest BCUT2D eigenvalue weighted by atomic mass is 9.98. The van der Waals surface area contributed by atoms with E-state index in [1.54, 1.807) is 12.1 Å². The number of aromatic nitrogens is 2. The molecule has 0 bridgehead atoms. The van der Waals surface area contributed by atoms with E-state index in [1.807, 2.05) is 6.92 Å². The topological polar surface area (TPSA) is 64.1 Å². The van der Waals surface area contributed by atoms with Crippen molar-refractivity contribution in [2.45, 2.75) is 26.3 Å². The van der Waals surface area contributed by atoms with Crippen LogP contribution in [0.25, 0.3) is 11.3 Å². The van der Waals surface area contributed by atoms with E-state index >= 15 is 0 Å². The highest BCUT2D eigenvalue weighted by atomic mass is 19.1. The molecule has 23 heavy (non-hydrogen) atoms. The summed E-state index contributed by atoms with van der Waals surface area (Å²) in [5, 5.41) is 3.34. The van der Waals surface area contributed by atoms with Crippen molar-refractivity contribution in [2.75, 3.05) is 13.2 Å². The van der Waals surface area contributed by atoms with Crippen LogP contribution in [0.3, 0.4) is 0 Å². The van der Waals surface area contributed by atoms with Crippen LogP contribution in [0.4, 0.5) is 4.39 Å². The smallest absolute Gasteiger partial charge is 0.293 e. The molecule has 0 spiro atoms. The Kier molecular flexibility index (Phi) is 6.17. The molecule has 0 amide bonds. The average molecular weight is 317 g/mol. The van der Waals surface area contributed by atoms with Crippen LogP contribution in [-0.2, 0) is 9.53 Å². The van der Waals surface area contributed by atoms with Crippen molar-refractivity contribution in [1.82, 2.24) is 15.3 Å². The Bertz CT molecular complexity index is 647. The molecule has 0 fully saturated rings. The zero-order valence-corrected chi connectivity index (χ0v) is 13.3. The van der Waals surface area contributed by atoms with Crippen LogP contribution >= 0.6 is 0 Å². The molecule has 5 nitrogen and oxygen atoms in total. The SMILES string of the molecule is CCCNC(COC=O)c1c(C)ncnc1-c1ccc(F)cc1. The molecule has 0 radical (unpaired) electrons. The normalized spacial score (nSPS) is 12.0. The molecule has 0 aliphatic heterocycles. The first-order valence-corrected chi connectivity index (χ1v) is 7.53. The minimum absolute atomic E-state index is 0.186. The quantitative estimate of drug-likeness (QED) is 0.759. The van der Waals surface area contributed by atoms with Gasteiger partial charge in [-0.15, -0.1) is 0 Å². The molecule has 0 saturated carbocycles. The van der Waals surface area contributed by atoms with Gasteiger partial charge in [-0.2, -0.15) is 0 Å².